The summed E-state index contributed by atoms with van der Waals surface area (Å²) in [6, 6.07) is 8.97. The van der Waals surface area contributed by atoms with Crippen LogP contribution in [0.15, 0.2) is 39.9 Å². The Balaban J connectivity index is 1.89. The van der Waals surface area contributed by atoms with E-state index in [9.17, 15) is 4.79 Å². The van der Waals surface area contributed by atoms with Crippen molar-refractivity contribution >= 4 is 22.6 Å². The predicted octanol–water partition coefficient (Wildman–Crippen LogP) is 2.57. The van der Waals surface area contributed by atoms with E-state index in [0.29, 0.717) is 5.58 Å². The Morgan fingerprint density at radius 2 is 2.00 bits per heavy atom. The molecule has 1 aromatic carbocycles. The van der Waals surface area contributed by atoms with Crippen LogP contribution >= 0.6 is 0 Å². The van der Waals surface area contributed by atoms with Gasteiger partial charge in [-0.2, -0.15) is 5.10 Å². The van der Waals surface area contributed by atoms with E-state index in [4.69, 9.17) is 9.83 Å². The minimum absolute atomic E-state index is 0.146. The van der Waals surface area contributed by atoms with E-state index >= 15 is 0 Å². The Labute approximate surface area is 115 Å². The molecule has 0 aliphatic heterocycles. The van der Waals surface area contributed by atoms with E-state index in [0.717, 1.165) is 36.8 Å². The molecule has 102 valence electrons. The average molecular weight is 269 g/mol. The van der Waals surface area contributed by atoms with Crippen LogP contribution in [0.25, 0.3) is 11.0 Å². The molecule has 1 aliphatic carbocycles. The van der Waals surface area contributed by atoms with E-state index in [1.54, 1.807) is 12.1 Å². The van der Waals surface area contributed by atoms with Crippen molar-refractivity contribution in [3.63, 3.8) is 0 Å². The summed E-state index contributed by atoms with van der Waals surface area (Å²) < 4.78 is 5.34. The highest BCUT2D eigenvalue weighted by Gasteiger charge is 2.12. The van der Waals surface area contributed by atoms with E-state index in [2.05, 4.69) is 10.5 Å². The van der Waals surface area contributed by atoms with Gasteiger partial charge in [0.1, 0.15) is 11.1 Å². The largest absolute Gasteiger partial charge is 0.438 e. The predicted molar refractivity (Wildman–Crippen MR) is 75.4 cm³/mol. The standard InChI is InChI=1S/C15H15N3O2/c16-14-12(9-10-5-1-4-8-13(10)20-14)15(19)18-17-11-6-2-3-7-11/h1,4-5,8-9,16H,2-3,6-7H2,(H,18,19). The van der Waals surface area contributed by atoms with E-state index in [1.807, 2.05) is 18.2 Å². The van der Waals surface area contributed by atoms with Gasteiger partial charge in [0.25, 0.3) is 5.91 Å². The lowest BCUT2D eigenvalue weighted by molar-refractivity contribution is 0.0950. The van der Waals surface area contributed by atoms with Crippen molar-refractivity contribution in [2.24, 2.45) is 5.10 Å². The highest BCUT2D eigenvalue weighted by atomic mass is 16.3. The number of hydrogen-bond acceptors (Lipinski definition) is 4. The van der Waals surface area contributed by atoms with Crippen LogP contribution in [0.4, 0.5) is 0 Å². The third-order valence-electron chi connectivity index (χ3n) is 3.42. The number of nitrogens with one attached hydrogen (secondary N) is 2. The second-order valence-corrected chi connectivity index (χ2v) is 4.85. The van der Waals surface area contributed by atoms with Gasteiger partial charge < -0.3 is 4.42 Å². The number of benzene rings is 1. The molecule has 0 spiro atoms. The lowest BCUT2D eigenvalue weighted by Crippen LogP contribution is -2.25. The van der Waals surface area contributed by atoms with Crippen LogP contribution in [0.3, 0.4) is 0 Å². The summed E-state index contributed by atoms with van der Waals surface area (Å²) in [7, 11) is 0. The molecule has 2 aromatic rings. The number of nitrogens with zero attached hydrogens (tertiary/aromatic N) is 1. The van der Waals surface area contributed by atoms with Crippen LogP contribution in [0.2, 0.25) is 0 Å². The van der Waals surface area contributed by atoms with Gasteiger partial charge in [0.15, 0.2) is 0 Å². The molecule has 20 heavy (non-hydrogen) atoms. The summed E-state index contributed by atoms with van der Waals surface area (Å²) in [4.78, 5) is 12.1. The zero-order valence-corrected chi connectivity index (χ0v) is 11.0. The molecule has 1 saturated carbocycles. The zero-order valence-electron chi connectivity index (χ0n) is 11.0. The second-order valence-electron chi connectivity index (χ2n) is 4.85. The number of para-hydroxylation sites is 1. The number of carbonyl (C=O) groups is 1. The van der Waals surface area contributed by atoms with Gasteiger partial charge in [0, 0.05) is 11.1 Å². The van der Waals surface area contributed by atoms with Crippen LogP contribution in [0, 0.1) is 5.41 Å². The summed E-state index contributed by atoms with van der Waals surface area (Å²) in [5, 5.41) is 12.7. The van der Waals surface area contributed by atoms with Crippen LogP contribution in [0.5, 0.6) is 0 Å². The number of carbonyl (C=O) groups excluding carboxylic acids is 1. The number of rotatable bonds is 2. The third kappa shape index (κ3) is 2.47. The lowest BCUT2D eigenvalue weighted by atomic mass is 10.2. The average Bonchev–Trinajstić information content (AvgIpc) is 2.97. The van der Waals surface area contributed by atoms with Crippen LogP contribution < -0.4 is 11.0 Å². The van der Waals surface area contributed by atoms with Gasteiger partial charge in [-0.15, -0.1) is 0 Å². The topological polar surface area (TPSA) is 78.5 Å². The van der Waals surface area contributed by atoms with Crippen molar-refractivity contribution in [1.82, 2.24) is 5.43 Å². The highest BCUT2D eigenvalue weighted by Crippen LogP contribution is 2.14. The Morgan fingerprint density at radius 1 is 1.25 bits per heavy atom. The molecule has 0 atom stereocenters. The van der Waals surface area contributed by atoms with Crippen molar-refractivity contribution in [3.05, 3.63) is 41.4 Å². The van der Waals surface area contributed by atoms with Crippen molar-refractivity contribution in [3.8, 4) is 0 Å². The lowest BCUT2D eigenvalue weighted by Gasteiger charge is -2.03. The van der Waals surface area contributed by atoms with Gasteiger partial charge in [-0.25, -0.2) is 5.43 Å². The van der Waals surface area contributed by atoms with E-state index in [1.165, 1.54) is 0 Å². The van der Waals surface area contributed by atoms with Crippen molar-refractivity contribution in [2.75, 3.05) is 0 Å². The van der Waals surface area contributed by atoms with Gasteiger partial charge in [0.05, 0.1) is 0 Å². The first-order valence-corrected chi connectivity index (χ1v) is 6.67. The number of amides is 1. The molecule has 1 aromatic heterocycles. The van der Waals surface area contributed by atoms with Gasteiger partial charge in [-0.3, -0.25) is 10.2 Å². The maximum absolute atomic E-state index is 12.1. The molecule has 3 rings (SSSR count). The maximum Gasteiger partial charge on any atom is 0.276 e. The molecular formula is C15H15N3O2. The molecule has 0 bridgehead atoms. The quantitative estimate of drug-likeness (QED) is 0.822. The Morgan fingerprint density at radius 3 is 2.80 bits per heavy atom. The molecule has 0 unspecified atom stereocenters. The summed E-state index contributed by atoms with van der Waals surface area (Å²) in [6.07, 6.45) is 4.14. The Kier molecular flexibility index (Phi) is 3.33. The Hall–Kier alpha value is -2.43. The van der Waals surface area contributed by atoms with E-state index in [-0.39, 0.29) is 11.1 Å². The summed E-state index contributed by atoms with van der Waals surface area (Å²) in [6.45, 7) is 0. The molecule has 0 radical (unpaired) electrons. The fraction of sp³-hybridized carbons (Fsp3) is 0.267. The molecule has 2 N–H and O–H groups in total. The fourth-order valence-electron chi connectivity index (χ4n) is 2.33. The third-order valence-corrected chi connectivity index (χ3v) is 3.42. The molecule has 1 amide bonds. The van der Waals surface area contributed by atoms with Crippen LogP contribution in [-0.4, -0.2) is 11.6 Å². The van der Waals surface area contributed by atoms with Gasteiger partial charge >= 0.3 is 0 Å². The molecule has 1 fully saturated rings. The summed E-state index contributed by atoms with van der Waals surface area (Å²) >= 11 is 0. The highest BCUT2D eigenvalue weighted by molar-refractivity contribution is 5.97. The Bertz CT molecular complexity index is 738. The first kappa shape index (κ1) is 12.6. The number of hydrazone groups is 1. The molecule has 5 heteroatoms. The van der Waals surface area contributed by atoms with Gasteiger partial charge in [-0.05, 0) is 37.8 Å². The normalized spacial score (nSPS) is 14.5. The monoisotopic (exact) mass is 269 g/mol. The van der Waals surface area contributed by atoms with Gasteiger partial charge in [-0.1, -0.05) is 18.2 Å². The van der Waals surface area contributed by atoms with Crippen molar-refractivity contribution in [2.45, 2.75) is 25.7 Å². The number of fused-ring (bicyclic) bond motifs is 1. The molecule has 0 saturated heterocycles. The zero-order chi connectivity index (χ0) is 13.9. The first-order chi connectivity index (χ1) is 9.74. The summed E-state index contributed by atoms with van der Waals surface area (Å²) in [5.74, 6) is -0.399. The number of hydrogen-bond donors (Lipinski definition) is 2. The molecular weight excluding hydrogens is 254 g/mol. The van der Waals surface area contributed by atoms with Crippen LogP contribution in [0.1, 0.15) is 36.0 Å². The fourth-order valence-corrected chi connectivity index (χ4v) is 2.33. The van der Waals surface area contributed by atoms with Gasteiger partial charge in [0.2, 0.25) is 5.55 Å². The second kappa shape index (κ2) is 5.28. The maximum atomic E-state index is 12.1. The smallest absolute Gasteiger partial charge is 0.276 e. The minimum atomic E-state index is -0.399. The molecule has 1 heterocycles. The van der Waals surface area contributed by atoms with Crippen molar-refractivity contribution < 1.29 is 9.21 Å². The van der Waals surface area contributed by atoms with E-state index < -0.39 is 5.91 Å². The van der Waals surface area contributed by atoms with Crippen molar-refractivity contribution in [1.29, 1.82) is 5.41 Å². The summed E-state index contributed by atoms with van der Waals surface area (Å²) in [5.41, 5.74) is 4.18. The SMILES string of the molecule is N=c1oc2ccccc2cc1C(=O)NN=C1CCCC1. The first-order valence-electron chi connectivity index (χ1n) is 6.67. The molecule has 1 aliphatic rings. The van der Waals surface area contributed by atoms with Crippen LogP contribution in [-0.2, 0) is 0 Å². The molecule has 5 nitrogen and oxygen atoms in total. The minimum Gasteiger partial charge on any atom is -0.438 e.